The van der Waals surface area contributed by atoms with Crippen LogP contribution >= 0.6 is 11.6 Å². The Morgan fingerprint density at radius 2 is 1.65 bits per heavy atom. The van der Waals surface area contributed by atoms with E-state index >= 15 is 0 Å². The van der Waals surface area contributed by atoms with Crippen molar-refractivity contribution >= 4 is 39.1 Å². The Kier molecular flexibility index (Phi) is 9.94. The van der Waals surface area contributed by atoms with Gasteiger partial charge in [-0.25, -0.2) is 8.42 Å². The number of para-hydroxylation sites is 1. The van der Waals surface area contributed by atoms with Gasteiger partial charge in [0.15, 0.2) is 0 Å². The molecular weight excluding hydrogens is 474 g/mol. The van der Waals surface area contributed by atoms with Crippen LogP contribution in [0.5, 0.6) is 0 Å². The van der Waals surface area contributed by atoms with Gasteiger partial charge in [-0.3, -0.25) is 13.9 Å². The third-order valence-corrected chi connectivity index (χ3v) is 6.87. The smallest absolute Gasteiger partial charge is 0.244 e. The van der Waals surface area contributed by atoms with Crippen LogP contribution in [-0.2, 0) is 26.2 Å². The third-order valence-electron chi connectivity index (χ3n) is 5.49. The molecule has 186 valence electrons. The van der Waals surface area contributed by atoms with Crippen LogP contribution in [0.4, 0.5) is 5.69 Å². The summed E-state index contributed by atoms with van der Waals surface area (Å²) >= 11 is 5.99. The molecule has 0 aliphatic carbocycles. The van der Waals surface area contributed by atoms with Crippen LogP contribution in [0.25, 0.3) is 0 Å². The van der Waals surface area contributed by atoms with Gasteiger partial charge in [0.05, 0.1) is 11.9 Å². The van der Waals surface area contributed by atoms with Gasteiger partial charge in [0.1, 0.15) is 12.6 Å². The van der Waals surface area contributed by atoms with Crippen molar-refractivity contribution in [2.75, 3.05) is 23.7 Å². The van der Waals surface area contributed by atoms with Crippen molar-refractivity contribution in [3.8, 4) is 0 Å². The number of nitrogens with zero attached hydrogens (tertiary/aromatic N) is 2. The zero-order valence-corrected chi connectivity index (χ0v) is 22.0. The minimum absolute atomic E-state index is 0.0551. The first kappa shape index (κ1) is 27.7. The van der Waals surface area contributed by atoms with Gasteiger partial charge < -0.3 is 10.2 Å². The Bertz CT molecular complexity index is 1090. The normalized spacial score (nSPS) is 12.3. The number of sulfonamides is 1. The first-order chi connectivity index (χ1) is 16.0. The standard InChI is InChI=1S/C25H34ClN3O4S/c1-6-15-27-25(31)19(4)28(16-20-11-13-21(26)14-12-20)24(30)17-29(34(5,32)33)23-10-8-7-9-22(23)18(2)3/h7-14,18-19H,6,15-17H2,1-5H3,(H,27,31)/t19-/m1/s1. The van der Waals surface area contributed by atoms with Crippen LogP contribution in [0.2, 0.25) is 5.02 Å². The second kappa shape index (κ2) is 12.2. The number of carbonyl (C=O) groups is 2. The Balaban J connectivity index is 2.43. The molecule has 2 amide bonds. The van der Waals surface area contributed by atoms with Crippen LogP contribution in [-0.4, -0.2) is 50.5 Å². The quantitative estimate of drug-likeness (QED) is 0.494. The summed E-state index contributed by atoms with van der Waals surface area (Å²) < 4.78 is 26.7. The van der Waals surface area contributed by atoms with Crippen molar-refractivity contribution in [2.24, 2.45) is 0 Å². The highest BCUT2D eigenvalue weighted by Crippen LogP contribution is 2.29. The van der Waals surface area contributed by atoms with E-state index in [1.807, 2.05) is 32.9 Å². The Labute approximate surface area is 208 Å². The summed E-state index contributed by atoms with van der Waals surface area (Å²) in [5, 5.41) is 3.38. The SMILES string of the molecule is CCCNC(=O)[C@@H](C)N(Cc1ccc(Cl)cc1)C(=O)CN(c1ccccc1C(C)C)S(C)(=O)=O. The van der Waals surface area contributed by atoms with Crippen LogP contribution in [0, 0.1) is 0 Å². The number of halogens is 1. The average molecular weight is 508 g/mol. The molecule has 0 spiro atoms. The number of anilines is 1. The molecule has 7 nitrogen and oxygen atoms in total. The fourth-order valence-corrected chi connectivity index (χ4v) is 4.56. The molecule has 1 N–H and O–H groups in total. The molecule has 0 aliphatic heterocycles. The lowest BCUT2D eigenvalue weighted by Gasteiger charge is -2.32. The first-order valence-corrected chi connectivity index (χ1v) is 13.6. The predicted octanol–water partition coefficient (Wildman–Crippen LogP) is 4.17. The lowest BCUT2D eigenvalue weighted by molar-refractivity contribution is -0.139. The molecule has 9 heteroatoms. The Hall–Kier alpha value is -2.58. The maximum Gasteiger partial charge on any atom is 0.244 e. The summed E-state index contributed by atoms with van der Waals surface area (Å²) in [6.45, 7) is 7.73. The van der Waals surface area contributed by atoms with Crippen LogP contribution in [0.15, 0.2) is 48.5 Å². The van der Waals surface area contributed by atoms with Gasteiger partial charge in [-0.2, -0.15) is 0 Å². The maximum absolute atomic E-state index is 13.6. The van der Waals surface area contributed by atoms with E-state index in [-0.39, 0.29) is 18.4 Å². The summed E-state index contributed by atoms with van der Waals surface area (Å²) in [6, 6.07) is 13.3. The van der Waals surface area contributed by atoms with Gasteiger partial charge in [0.2, 0.25) is 21.8 Å². The summed E-state index contributed by atoms with van der Waals surface area (Å²) in [4.78, 5) is 27.7. The molecule has 0 saturated carbocycles. The van der Waals surface area contributed by atoms with Gasteiger partial charge in [-0.1, -0.05) is 62.7 Å². The topological polar surface area (TPSA) is 86.8 Å². The van der Waals surface area contributed by atoms with E-state index < -0.39 is 28.5 Å². The minimum atomic E-state index is -3.77. The molecule has 0 heterocycles. The molecule has 2 aromatic carbocycles. The van der Waals surface area contributed by atoms with Crippen LogP contribution in [0.1, 0.15) is 51.2 Å². The van der Waals surface area contributed by atoms with Crippen LogP contribution in [0.3, 0.4) is 0 Å². The predicted molar refractivity (Wildman–Crippen MR) is 137 cm³/mol. The van der Waals surface area contributed by atoms with Gasteiger partial charge in [0.25, 0.3) is 0 Å². The summed E-state index contributed by atoms with van der Waals surface area (Å²) in [5.41, 5.74) is 2.06. The third kappa shape index (κ3) is 7.46. The molecule has 0 aromatic heterocycles. The molecule has 0 radical (unpaired) electrons. The molecule has 2 rings (SSSR count). The van der Waals surface area contributed by atoms with E-state index in [4.69, 9.17) is 11.6 Å². The molecular formula is C25H34ClN3O4S. The molecule has 2 aromatic rings. The zero-order valence-electron chi connectivity index (χ0n) is 20.4. The average Bonchev–Trinajstić information content (AvgIpc) is 2.79. The molecule has 0 bridgehead atoms. The molecule has 0 saturated heterocycles. The number of hydrogen-bond donors (Lipinski definition) is 1. The van der Waals surface area contributed by atoms with Crippen molar-refractivity contribution in [1.29, 1.82) is 0 Å². The Morgan fingerprint density at radius 1 is 1.03 bits per heavy atom. The monoisotopic (exact) mass is 507 g/mol. The molecule has 0 unspecified atom stereocenters. The van der Waals surface area contributed by atoms with E-state index in [1.165, 1.54) is 4.90 Å². The van der Waals surface area contributed by atoms with Gasteiger partial charge in [-0.15, -0.1) is 0 Å². The van der Waals surface area contributed by atoms with E-state index in [0.29, 0.717) is 17.3 Å². The summed E-state index contributed by atoms with van der Waals surface area (Å²) in [7, 11) is -3.77. The number of rotatable bonds is 11. The fraction of sp³-hybridized carbons (Fsp3) is 0.440. The highest BCUT2D eigenvalue weighted by atomic mass is 35.5. The number of amides is 2. The van der Waals surface area contributed by atoms with Gasteiger partial charge in [0, 0.05) is 18.1 Å². The number of carbonyl (C=O) groups excluding carboxylic acids is 2. The van der Waals surface area contributed by atoms with Crippen molar-refractivity contribution in [3.05, 3.63) is 64.7 Å². The second-order valence-electron chi connectivity index (χ2n) is 8.60. The fourth-order valence-electron chi connectivity index (χ4n) is 3.56. The number of nitrogens with one attached hydrogen (secondary N) is 1. The summed E-state index contributed by atoms with van der Waals surface area (Å²) in [6.07, 6.45) is 1.84. The highest BCUT2D eigenvalue weighted by Gasteiger charge is 2.30. The van der Waals surface area contributed by atoms with Crippen molar-refractivity contribution in [3.63, 3.8) is 0 Å². The van der Waals surface area contributed by atoms with Gasteiger partial charge >= 0.3 is 0 Å². The minimum Gasteiger partial charge on any atom is -0.354 e. The number of hydrogen-bond acceptors (Lipinski definition) is 4. The Morgan fingerprint density at radius 3 is 2.21 bits per heavy atom. The van der Waals surface area contributed by atoms with Crippen molar-refractivity contribution < 1.29 is 18.0 Å². The largest absolute Gasteiger partial charge is 0.354 e. The summed E-state index contributed by atoms with van der Waals surface area (Å²) in [5.74, 6) is -0.713. The van der Waals surface area contributed by atoms with E-state index in [2.05, 4.69) is 5.32 Å². The van der Waals surface area contributed by atoms with E-state index in [1.54, 1.807) is 43.3 Å². The first-order valence-electron chi connectivity index (χ1n) is 11.3. The van der Waals surface area contributed by atoms with Gasteiger partial charge in [-0.05, 0) is 48.6 Å². The van der Waals surface area contributed by atoms with E-state index in [0.717, 1.165) is 28.1 Å². The lowest BCUT2D eigenvalue weighted by atomic mass is 10.0. The number of benzene rings is 2. The van der Waals surface area contributed by atoms with E-state index in [9.17, 15) is 18.0 Å². The maximum atomic E-state index is 13.6. The highest BCUT2D eigenvalue weighted by molar-refractivity contribution is 7.92. The molecule has 1 atom stereocenters. The van der Waals surface area contributed by atoms with Crippen molar-refractivity contribution in [2.45, 2.75) is 52.6 Å². The lowest BCUT2D eigenvalue weighted by Crippen LogP contribution is -2.51. The second-order valence-corrected chi connectivity index (χ2v) is 10.9. The molecule has 0 fully saturated rings. The molecule has 0 aliphatic rings. The molecule has 34 heavy (non-hydrogen) atoms. The van der Waals surface area contributed by atoms with Crippen LogP contribution < -0.4 is 9.62 Å². The van der Waals surface area contributed by atoms with Crippen molar-refractivity contribution in [1.82, 2.24) is 10.2 Å². The zero-order chi connectivity index (χ0) is 25.5.